The van der Waals surface area contributed by atoms with Crippen LogP contribution in [0.5, 0.6) is 0 Å². The number of aryl methyl sites for hydroxylation is 1. The van der Waals surface area contributed by atoms with Gasteiger partial charge in [-0.2, -0.15) is 0 Å². The van der Waals surface area contributed by atoms with Gasteiger partial charge >= 0.3 is 0 Å². The molecule has 6 heteroatoms. The second-order valence-electron chi connectivity index (χ2n) is 3.06. The van der Waals surface area contributed by atoms with Crippen LogP contribution >= 0.6 is 11.3 Å². The number of hydrogen-bond acceptors (Lipinski definition) is 4. The molecule has 2 rings (SSSR count). The molecule has 0 aliphatic heterocycles. The molecule has 0 unspecified atom stereocenters. The fourth-order valence-corrected chi connectivity index (χ4v) is 1.90. The molecule has 0 fully saturated rings. The van der Waals surface area contributed by atoms with Gasteiger partial charge in [-0.25, -0.2) is 4.98 Å². The van der Waals surface area contributed by atoms with E-state index < -0.39 is 4.92 Å². The fourth-order valence-electron chi connectivity index (χ4n) is 1.27. The van der Waals surface area contributed by atoms with Gasteiger partial charge in [0.2, 0.25) is 0 Å². The number of non-ortho nitro benzene ring substituents is 1. The van der Waals surface area contributed by atoms with Gasteiger partial charge in [-0.3, -0.25) is 10.1 Å². The minimum absolute atomic E-state index is 0. The number of nitrogens with zero attached hydrogens (tertiary/aromatic N) is 2. The zero-order chi connectivity index (χ0) is 10.8. The molecule has 0 aliphatic rings. The van der Waals surface area contributed by atoms with Crippen molar-refractivity contribution >= 4 is 17.0 Å². The number of rotatable bonds is 2. The van der Waals surface area contributed by atoms with E-state index in [0.717, 1.165) is 16.3 Å². The van der Waals surface area contributed by atoms with Gasteiger partial charge in [0.1, 0.15) is 0 Å². The molecule has 0 N–H and O–H groups in total. The first-order chi connectivity index (χ1) is 7.16. The van der Waals surface area contributed by atoms with Gasteiger partial charge in [-0.1, -0.05) is 12.1 Å². The molecule has 0 saturated carbocycles. The van der Waals surface area contributed by atoms with Crippen LogP contribution in [0.3, 0.4) is 0 Å². The minimum atomic E-state index is -0.400. The molecule has 0 saturated heterocycles. The van der Waals surface area contributed by atoms with Crippen molar-refractivity contribution < 1.29 is 21.9 Å². The van der Waals surface area contributed by atoms with Crippen molar-refractivity contribution in [2.75, 3.05) is 0 Å². The summed E-state index contributed by atoms with van der Waals surface area (Å²) in [5.41, 5.74) is 1.67. The summed E-state index contributed by atoms with van der Waals surface area (Å²) >= 11 is 1.53. The lowest BCUT2D eigenvalue weighted by atomic mass is 10.1. The lowest BCUT2D eigenvalue weighted by Crippen LogP contribution is -3.00. The highest BCUT2D eigenvalue weighted by Gasteiger charge is 2.08. The van der Waals surface area contributed by atoms with Crippen LogP contribution in [0.25, 0.3) is 11.3 Å². The van der Waals surface area contributed by atoms with Crippen molar-refractivity contribution in [3.8, 4) is 11.3 Å². The standard InChI is InChI=1S/C10H8N2O2S.BrH/c1-7-11-10(6-15-7)8-3-2-4-9(5-8)12(13)14;/h2-6H,1H3;1H/p-1. The van der Waals surface area contributed by atoms with Crippen LogP contribution in [-0.4, -0.2) is 9.91 Å². The summed E-state index contributed by atoms with van der Waals surface area (Å²) in [6.45, 7) is 1.91. The molecular formula is C10H8BrN2O2S-. The van der Waals surface area contributed by atoms with Crippen LogP contribution in [0.1, 0.15) is 5.01 Å². The maximum absolute atomic E-state index is 10.6. The zero-order valence-corrected chi connectivity index (χ0v) is 10.8. The highest BCUT2D eigenvalue weighted by atomic mass is 79.9. The Kier molecular flexibility index (Phi) is 4.14. The summed E-state index contributed by atoms with van der Waals surface area (Å²) in [6.07, 6.45) is 0. The molecule has 84 valence electrons. The minimum Gasteiger partial charge on any atom is -1.00 e. The second-order valence-corrected chi connectivity index (χ2v) is 4.12. The summed E-state index contributed by atoms with van der Waals surface area (Å²) in [5, 5.41) is 13.4. The summed E-state index contributed by atoms with van der Waals surface area (Å²) in [5.74, 6) is 0. The molecule has 0 atom stereocenters. The van der Waals surface area contributed by atoms with E-state index in [-0.39, 0.29) is 22.7 Å². The van der Waals surface area contributed by atoms with Gasteiger partial charge in [0.05, 0.1) is 15.6 Å². The normalized spacial score (nSPS) is 9.56. The molecule has 0 bridgehead atoms. The molecule has 2 aromatic rings. The molecule has 0 amide bonds. The summed E-state index contributed by atoms with van der Waals surface area (Å²) in [7, 11) is 0. The molecule has 0 radical (unpaired) electrons. The SMILES string of the molecule is Cc1nc(-c2cccc([N+](=O)[O-])c2)cs1.[Br-]. The number of halogens is 1. The third kappa shape index (κ3) is 2.65. The zero-order valence-electron chi connectivity index (χ0n) is 8.38. The Morgan fingerprint density at radius 3 is 2.75 bits per heavy atom. The van der Waals surface area contributed by atoms with Gasteiger partial charge in [0.15, 0.2) is 0 Å². The predicted octanol–water partition coefficient (Wildman–Crippen LogP) is 0.0307. The van der Waals surface area contributed by atoms with E-state index in [1.807, 2.05) is 18.4 Å². The highest BCUT2D eigenvalue weighted by Crippen LogP contribution is 2.24. The quantitative estimate of drug-likeness (QED) is 0.581. The van der Waals surface area contributed by atoms with Gasteiger partial charge in [0, 0.05) is 23.1 Å². The number of nitro groups is 1. The highest BCUT2D eigenvalue weighted by molar-refractivity contribution is 7.09. The van der Waals surface area contributed by atoms with E-state index in [9.17, 15) is 10.1 Å². The lowest BCUT2D eigenvalue weighted by molar-refractivity contribution is -0.384. The Morgan fingerprint density at radius 2 is 2.19 bits per heavy atom. The van der Waals surface area contributed by atoms with Gasteiger partial charge in [-0.05, 0) is 6.92 Å². The number of thiazole rings is 1. The third-order valence-electron chi connectivity index (χ3n) is 1.97. The Bertz CT molecular complexity index is 513. The third-order valence-corrected chi connectivity index (χ3v) is 2.75. The van der Waals surface area contributed by atoms with E-state index in [4.69, 9.17) is 0 Å². The van der Waals surface area contributed by atoms with Crippen molar-refractivity contribution in [1.29, 1.82) is 0 Å². The Morgan fingerprint density at radius 1 is 1.44 bits per heavy atom. The smallest absolute Gasteiger partial charge is 0.270 e. The van der Waals surface area contributed by atoms with E-state index in [1.165, 1.54) is 23.5 Å². The van der Waals surface area contributed by atoms with E-state index in [0.29, 0.717) is 0 Å². The molecule has 1 aromatic carbocycles. The van der Waals surface area contributed by atoms with Gasteiger partial charge < -0.3 is 17.0 Å². The van der Waals surface area contributed by atoms with Crippen molar-refractivity contribution in [2.24, 2.45) is 0 Å². The van der Waals surface area contributed by atoms with E-state index >= 15 is 0 Å². The van der Waals surface area contributed by atoms with Crippen molar-refractivity contribution in [1.82, 2.24) is 4.98 Å². The molecule has 16 heavy (non-hydrogen) atoms. The largest absolute Gasteiger partial charge is 1.00 e. The molecular weight excluding hydrogens is 292 g/mol. The fraction of sp³-hybridized carbons (Fsp3) is 0.100. The second kappa shape index (κ2) is 5.18. The van der Waals surface area contributed by atoms with Crippen LogP contribution in [-0.2, 0) is 0 Å². The Labute approximate surface area is 107 Å². The lowest BCUT2D eigenvalue weighted by Gasteiger charge is -1.96. The first-order valence-corrected chi connectivity index (χ1v) is 5.22. The van der Waals surface area contributed by atoms with E-state index in [2.05, 4.69) is 4.98 Å². The van der Waals surface area contributed by atoms with Crippen molar-refractivity contribution in [2.45, 2.75) is 6.92 Å². The average Bonchev–Trinajstić information content (AvgIpc) is 2.65. The average molecular weight is 300 g/mol. The van der Waals surface area contributed by atoms with Gasteiger partial charge in [-0.15, -0.1) is 11.3 Å². The number of aromatic nitrogens is 1. The molecule has 1 heterocycles. The van der Waals surface area contributed by atoms with Crippen LogP contribution < -0.4 is 17.0 Å². The topological polar surface area (TPSA) is 56.0 Å². The Balaban J connectivity index is 0.00000128. The summed E-state index contributed by atoms with van der Waals surface area (Å²) in [6, 6.07) is 6.50. The van der Waals surface area contributed by atoms with Crippen molar-refractivity contribution in [3.05, 3.63) is 44.8 Å². The molecule has 4 nitrogen and oxygen atoms in total. The first kappa shape index (κ1) is 12.8. The van der Waals surface area contributed by atoms with E-state index in [1.54, 1.807) is 6.07 Å². The first-order valence-electron chi connectivity index (χ1n) is 4.34. The maximum atomic E-state index is 10.6. The van der Waals surface area contributed by atoms with Crippen LogP contribution in [0.4, 0.5) is 5.69 Å². The molecule has 0 spiro atoms. The Hall–Kier alpha value is -1.27. The molecule has 1 aromatic heterocycles. The monoisotopic (exact) mass is 299 g/mol. The summed E-state index contributed by atoms with van der Waals surface area (Å²) in [4.78, 5) is 14.5. The van der Waals surface area contributed by atoms with Crippen LogP contribution in [0, 0.1) is 17.0 Å². The number of nitro benzene ring substituents is 1. The van der Waals surface area contributed by atoms with Crippen molar-refractivity contribution in [3.63, 3.8) is 0 Å². The predicted molar refractivity (Wildman–Crippen MR) is 58.9 cm³/mol. The number of hydrogen-bond donors (Lipinski definition) is 0. The van der Waals surface area contributed by atoms with Crippen LogP contribution in [0.2, 0.25) is 0 Å². The van der Waals surface area contributed by atoms with Gasteiger partial charge in [0.25, 0.3) is 5.69 Å². The number of benzene rings is 1. The summed E-state index contributed by atoms with van der Waals surface area (Å²) < 4.78 is 0. The molecule has 0 aliphatic carbocycles. The maximum Gasteiger partial charge on any atom is 0.270 e. The van der Waals surface area contributed by atoms with Crippen LogP contribution in [0.15, 0.2) is 29.6 Å².